The molecule has 4 aromatic rings. The number of rotatable bonds is 6. The number of nitrogens with zero attached hydrogens (tertiary/aromatic N) is 4. The van der Waals surface area contributed by atoms with Crippen LogP contribution in [0.5, 0.6) is 5.88 Å². The van der Waals surface area contributed by atoms with Crippen molar-refractivity contribution in [2.45, 2.75) is 0 Å². The fourth-order valence-electron chi connectivity index (χ4n) is 3.16. The minimum Gasteiger partial charge on any atom is -0.481 e. The summed E-state index contributed by atoms with van der Waals surface area (Å²) in [5.41, 5.74) is 7.93. The first-order valence-corrected chi connectivity index (χ1v) is 10.2. The average molecular weight is 460 g/mol. The van der Waals surface area contributed by atoms with Crippen LogP contribution < -0.4 is 15.4 Å². The second kappa shape index (κ2) is 9.46. The number of pyridine rings is 3. The van der Waals surface area contributed by atoms with Crippen LogP contribution in [0, 0.1) is 0 Å². The Balaban J connectivity index is 1.82. The van der Waals surface area contributed by atoms with Crippen molar-refractivity contribution in [3.63, 3.8) is 0 Å². The van der Waals surface area contributed by atoms with Crippen molar-refractivity contribution in [1.29, 1.82) is 0 Å². The van der Waals surface area contributed by atoms with Gasteiger partial charge in [-0.05, 0) is 48.5 Å². The van der Waals surface area contributed by atoms with Crippen molar-refractivity contribution in [2.75, 3.05) is 12.0 Å². The highest BCUT2D eigenvalue weighted by atomic mass is 35.5. The van der Waals surface area contributed by atoms with Crippen molar-refractivity contribution in [3.05, 3.63) is 95.5 Å². The Labute approximate surface area is 194 Å². The van der Waals surface area contributed by atoms with Crippen molar-refractivity contribution >= 4 is 34.8 Å². The van der Waals surface area contributed by atoms with E-state index in [-0.39, 0.29) is 11.3 Å². The van der Waals surface area contributed by atoms with Gasteiger partial charge in [0.2, 0.25) is 11.8 Å². The highest BCUT2D eigenvalue weighted by Gasteiger charge is 2.23. The van der Waals surface area contributed by atoms with Crippen LogP contribution in [0.15, 0.2) is 79.3 Å². The lowest BCUT2D eigenvalue weighted by atomic mass is 10.1. The van der Waals surface area contributed by atoms with E-state index < -0.39 is 11.8 Å². The number of benzene rings is 1. The normalized spacial score (nSPS) is 10.5. The molecule has 0 radical (unpaired) electrons. The summed E-state index contributed by atoms with van der Waals surface area (Å²) in [6.07, 6.45) is 4.45. The molecule has 0 aliphatic rings. The Bertz CT molecular complexity index is 1300. The summed E-state index contributed by atoms with van der Waals surface area (Å²) in [6.45, 7) is 0. The highest BCUT2D eigenvalue weighted by molar-refractivity contribution is 6.33. The SMILES string of the molecule is COc1ccc(N(C(=O)c2ccc(C(N)=O)cn2)c2ccc(Cl)c(-c3ccccn3)c2)cn1. The molecule has 0 saturated carbocycles. The van der Waals surface area contributed by atoms with Crippen LogP contribution in [0.4, 0.5) is 11.4 Å². The molecule has 0 aliphatic carbocycles. The predicted molar refractivity (Wildman–Crippen MR) is 125 cm³/mol. The molecule has 9 heteroatoms. The summed E-state index contributed by atoms with van der Waals surface area (Å²) < 4.78 is 5.13. The van der Waals surface area contributed by atoms with E-state index in [1.807, 2.05) is 18.2 Å². The molecule has 0 bridgehead atoms. The number of nitrogens with two attached hydrogens (primary N) is 1. The van der Waals surface area contributed by atoms with Gasteiger partial charge in [-0.25, -0.2) is 4.98 Å². The van der Waals surface area contributed by atoms with Gasteiger partial charge in [0.05, 0.1) is 41.0 Å². The fourth-order valence-corrected chi connectivity index (χ4v) is 3.37. The number of halogens is 1. The second-order valence-electron chi connectivity index (χ2n) is 6.87. The molecule has 2 amide bonds. The van der Waals surface area contributed by atoms with Crippen LogP contribution in [-0.4, -0.2) is 33.9 Å². The topological polar surface area (TPSA) is 111 Å². The van der Waals surface area contributed by atoms with E-state index in [2.05, 4.69) is 15.0 Å². The van der Waals surface area contributed by atoms with Gasteiger partial charge < -0.3 is 10.5 Å². The Morgan fingerprint density at radius 1 is 0.939 bits per heavy atom. The maximum atomic E-state index is 13.6. The van der Waals surface area contributed by atoms with Gasteiger partial charge in [0, 0.05) is 24.0 Å². The van der Waals surface area contributed by atoms with Gasteiger partial charge in [0.15, 0.2) is 0 Å². The summed E-state index contributed by atoms with van der Waals surface area (Å²) in [4.78, 5) is 39.1. The molecule has 0 fully saturated rings. The van der Waals surface area contributed by atoms with Crippen LogP contribution in [0.2, 0.25) is 5.02 Å². The fraction of sp³-hybridized carbons (Fsp3) is 0.0417. The van der Waals surface area contributed by atoms with Crippen LogP contribution >= 0.6 is 11.6 Å². The number of carbonyl (C=O) groups is 2. The summed E-state index contributed by atoms with van der Waals surface area (Å²) in [5.74, 6) is -0.664. The van der Waals surface area contributed by atoms with Crippen molar-refractivity contribution in [2.24, 2.45) is 5.73 Å². The zero-order chi connectivity index (χ0) is 23.4. The van der Waals surface area contributed by atoms with Gasteiger partial charge in [-0.3, -0.25) is 24.5 Å². The third kappa shape index (κ3) is 4.65. The first kappa shape index (κ1) is 21.9. The number of ether oxygens (including phenoxy) is 1. The Morgan fingerprint density at radius 2 is 1.76 bits per heavy atom. The molecule has 3 heterocycles. The van der Waals surface area contributed by atoms with E-state index >= 15 is 0 Å². The van der Waals surface area contributed by atoms with Crippen molar-refractivity contribution in [3.8, 4) is 17.1 Å². The van der Waals surface area contributed by atoms with Crippen LogP contribution in [0.25, 0.3) is 11.3 Å². The van der Waals surface area contributed by atoms with Crippen molar-refractivity contribution in [1.82, 2.24) is 15.0 Å². The third-order valence-corrected chi connectivity index (χ3v) is 5.14. The predicted octanol–water partition coefficient (Wildman–Crippen LogP) is 4.28. The maximum Gasteiger partial charge on any atom is 0.281 e. The lowest BCUT2D eigenvalue weighted by molar-refractivity contribution is 0.0984. The molecule has 0 atom stereocenters. The quantitative estimate of drug-likeness (QED) is 0.460. The first-order valence-electron chi connectivity index (χ1n) is 9.79. The molecule has 0 spiro atoms. The largest absolute Gasteiger partial charge is 0.481 e. The van der Waals surface area contributed by atoms with Gasteiger partial charge in [-0.2, -0.15) is 0 Å². The lowest BCUT2D eigenvalue weighted by Crippen LogP contribution is -2.27. The summed E-state index contributed by atoms with van der Waals surface area (Å²) in [6, 6.07) is 16.9. The zero-order valence-corrected chi connectivity index (χ0v) is 18.2. The Morgan fingerprint density at radius 3 is 2.36 bits per heavy atom. The second-order valence-corrected chi connectivity index (χ2v) is 7.28. The van der Waals surface area contributed by atoms with Gasteiger partial charge in [0.1, 0.15) is 5.69 Å². The number of hydrogen-bond donors (Lipinski definition) is 1. The molecule has 3 aromatic heterocycles. The Kier molecular flexibility index (Phi) is 6.28. The maximum absolute atomic E-state index is 13.6. The number of anilines is 2. The van der Waals surface area contributed by atoms with Crippen LogP contribution in [0.3, 0.4) is 0 Å². The van der Waals surface area contributed by atoms with Gasteiger partial charge in [-0.1, -0.05) is 17.7 Å². The molecule has 4 rings (SSSR count). The summed E-state index contributed by atoms with van der Waals surface area (Å²) >= 11 is 6.44. The van der Waals surface area contributed by atoms with Gasteiger partial charge >= 0.3 is 0 Å². The van der Waals surface area contributed by atoms with Crippen molar-refractivity contribution < 1.29 is 14.3 Å². The molecule has 33 heavy (non-hydrogen) atoms. The van der Waals surface area contributed by atoms with Gasteiger partial charge in [0.25, 0.3) is 5.91 Å². The van der Waals surface area contributed by atoms with E-state index in [0.29, 0.717) is 33.5 Å². The lowest BCUT2D eigenvalue weighted by Gasteiger charge is -2.23. The molecule has 164 valence electrons. The number of carbonyl (C=O) groups excluding carboxylic acids is 2. The standard InChI is InChI=1S/C24H18ClN5O3/c1-33-22-10-7-17(14-29-22)30(24(32)21-9-5-15(13-28-21)23(26)31)16-6-8-19(25)18(12-16)20-4-2-3-11-27-20/h2-14H,1H3,(H2,26,31). The van der Waals surface area contributed by atoms with Gasteiger partial charge in [-0.15, -0.1) is 0 Å². The molecule has 0 aliphatic heterocycles. The van der Waals surface area contributed by atoms with Crippen LogP contribution in [0.1, 0.15) is 20.8 Å². The minimum atomic E-state index is -0.629. The van der Waals surface area contributed by atoms with E-state index in [9.17, 15) is 9.59 Å². The number of hydrogen-bond acceptors (Lipinski definition) is 6. The molecular formula is C24H18ClN5O3. The molecular weight excluding hydrogens is 442 g/mol. The number of amides is 2. The Hall–Kier alpha value is -4.30. The highest BCUT2D eigenvalue weighted by Crippen LogP contribution is 2.34. The van der Waals surface area contributed by atoms with E-state index in [4.69, 9.17) is 22.1 Å². The van der Waals surface area contributed by atoms with E-state index in [1.165, 1.54) is 36.5 Å². The number of aromatic nitrogens is 3. The molecule has 0 saturated heterocycles. The average Bonchev–Trinajstić information content (AvgIpc) is 2.86. The molecule has 0 unspecified atom stereocenters. The third-order valence-electron chi connectivity index (χ3n) is 4.81. The van der Waals surface area contributed by atoms with Crippen LogP contribution in [-0.2, 0) is 0 Å². The first-order chi connectivity index (χ1) is 16.0. The summed E-state index contributed by atoms with van der Waals surface area (Å²) in [7, 11) is 1.51. The molecule has 8 nitrogen and oxygen atoms in total. The number of methoxy groups -OCH3 is 1. The van der Waals surface area contributed by atoms with E-state index in [0.717, 1.165) is 0 Å². The summed E-state index contributed by atoms with van der Waals surface area (Å²) in [5, 5.41) is 0.488. The smallest absolute Gasteiger partial charge is 0.281 e. The minimum absolute atomic E-state index is 0.116. The molecule has 2 N–H and O–H groups in total. The zero-order valence-electron chi connectivity index (χ0n) is 17.5. The molecule has 1 aromatic carbocycles. The van der Waals surface area contributed by atoms with E-state index in [1.54, 1.807) is 36.5 Å². The number of primary amides is 1. The monoisotopic (exact) mass is 459 g/mol.